The maximum absolute atomic E-state index is 12.9. The minimum atomic E-state index is -0.269. The van der Waals surface area contributed by atoms with E-state index in [-0.39, 0.29) is 29.5 Å². The van der Waals surface area contributed by atoms with Crippen LogP contribution in [0.2, 0.25) is 0 Å². The smallest absolute Gasteiger partial charge is 0.226 e. The Hall–Kier alpha value is -3.03. The third-order valence-corrected chi connectivity index (χ3v) is 5.50. The number of carbonyl (C=O) groups is 2. The lowest BCUT2D eigenvalue weighted by Crippen LogP contribution is -2.50. The highest BCUT2D eigenvalue weighted by Crippen LogP contribution is 2.40. The Morgan fingerprint density at radius 2 is 1.72 bits per heavy atom. The molecule has 2 amide bonds. The van der Waals surface area contributed by atoms with Crippen LogP contribution in [0.3, 0.4) is 0 Å². The van der Waals surface area contributed by atoms with Crippen molar-refractivity contribution in [2.75, 3.05) is 37.6 Å². The molecule has 7 nitrogen and oxygen atoms in total. The lowest BCUT2D eigenvalue weighted by molar-refractivity contribution is -0.135. The first kappa shape index (κ1) is 19.3. The molecule has 1 aromatic carbocycles. The van der Waals surface area contributed by atoms with Crippen LogP contribution in [0.1, 0.15) is 12.0 Å². The van der Waals surface area contributed by atoms with Gasteiger partial charge in [0.2, 0.25) is 17.8 Å². The van der Waals surface area contributed by atoms with E-state index in [0.717, 1.165) is 5.56 Å². The highest BCUT2D eigenvalue weighted by molar-refractivity contribution is 5.92. The maximum Gasteiger partial charge on any atom is 0.226 e. The molecule has 1 N–H and O–H groups in total. The normalized spacial score (nSPS) is 21.0. The van der Waals surface area contributed by atoms with E-state index >= 15 is 0 Å². The number of piperazine rings is 1. The zero-order valence-electron chi connectivity index (χ0n) is 16.1. The number of carbonyl (C=O) groups excluding carboxylic acids is 2. The second-order valence-electron chi connectivity index (χ2n) is 7.48. The fourth-order valence-corrected chi connectivity index (χ4v) is 3.69. The van der Waals surface area contributed by atoms with Crippen LogP contribution in [0.25, 0.3) is 0 Å². The van der Waals surface area contributed by atoms with Crippen LogP contribution >= 0.6 is 0 Å². The Labute approximate surface area is 168 Å². The van der Waals surface area contributed by atoms with Crippen molar-refractivity contribution in [1.29, 1.82) is 0 Å². The molecule has 1 aliphatic heterocycles. The van der Waals surface area contributed by atoms with Crippen LogP contribution in [0.15, 0.2) is 42.7 Å². The van der Waals surface area contributed by atoms with Gasteiger partial charge in [0.25, 0.3) is 0 Å². The summed E-state index contributed by atoms with van der Waals surface area (Å²) in [5, 5.41) is 2.90. The van der Waals surface area contributed by atoms with Gasteiger partial charge in [0.05, 0.1) is 11.8 Å². The lowest BCUT2D eigenvalue weighted by Gasteiger charge is -2.34. The Morgan fingerprint density at radius 3 is 2.41 bits per heavy atom. The van der Waals surface area contributed by atoms with Crippen molar-refractivity contribution in [3.05, 3.63) is 54.1 Å². The van der Waals surface area contributed by atoms with Crippen LogP contribution in [0.4, 0.5) is 10.3 Å². The molecule has 8 heteroatoms. The van der Waals surface area contributed by atoms with Gasteiger partial charge in [-0.25, -0.2) is 14.4 Å². The summed E-state index contributed by atoms with van der Waals surface area (Å²) in [5.74, 6) is -0.0238. The SMILES string of the molecule is O=C(NCCc1ccc(F)cc1)C1CC1C(=O)N1CCN(c2ncccn2)CC1. The second-order valence-corrected chi connectivity index (χ2v) is 7.48. The summed E-state index contributed by atoms with van der Waals surface area (Å²) >= 11 is 0. The molecule has 2 unspecified atom stereocenters. The number of amides is 2. The van der Waals surface area contributed by atoms with Gasteiger partial charge in [-0.1, -0.05) is 12.1 Å². The lowest BCUT2D eigenvalue weighted by atomic mass is 10.1. The zero-order valence-corrected chi connectivity index (χ0v) is 16.1. The van der Waals surface area contributed by atoms with Crippen molar-refractivity contribution >= 4 is 17.8 Å². The number of benzene rings is 1. The van der Waals surface area contributed by atoms with Crippen LogP contribution in [-0.4, -0.2) is 59.4 Å². The first-order valence-electron chi connectivity index (χ1n) is 9.95. The molecule has 2 aromatic rings. The fraction of sp³-hybridized carbons (Fsp3) is 0.429. The average Bonchev–Trinajstić information content (AvgIpc) is 3.56. The number of nitrogens with zero attached hydrogens (tertiary/aromatic N) is 4. The molecular formula is C21H24FN5O2. The maximum atomic E-state index is 12.9. The van der Waals surface area contributed by atoms with Gasteiger partial charge in [0.15, 0.2) is 0 Å². The molecular weight excluding hydrogens is 373 g/mol. The van der Waals surface area contributed by atoms with Crippen molar-refractivity contribution in [3.63, 3.8) is 0 Å². The van der Waals surface area contributed by atoms with E-state index in [4.69, 9.17) is 0 Å². The summed E-state index contributed by atoms with van der Waals surface area (Å²) in [4.78, 5) is 37.4. The van der Waals surface area contributed by atoms with E-state index in [2.05, 4.69) is 20.2 Å². The first-order valence-corrected chi connectivity index (χ1v) is 9.95. The van der Waals surface area contributed by atoms with Crippen molar-refractivity contribution in [3.8, 4) is 0 Å². The molecule has 29 heavy (non-hydrogen) atoms. The Morgan fingerprint density at radius 1 is 1.03 bits per heavy atom. The average molecular weight is 397 g/mol. The molecule has 1 aromatic heterocycles. The highest BCUT2D eigenvalue weighted by Gasteiger charge is 2.49. The Kier molecular flexibility index (Phi) is 5.69. The number of hydrogen-bond donors (Lipinski definition) is 1. The van der Waals surface area contributed by atoms with Crippen LogP contribution in [0, 0.1) is 17.7 Å². The topological polar surface area (TPSA) is 78.4 Å². The summed E-state index contributed by atoms with van der Waals surface area (Å²) in [5.41, 5.74) is 0.968. The summed E-state index contributed by atoms with van der Waals surface area (Å²) in [6, 6.07) is 8.03. The van der Waals surface area contributed by atoms with E-state index in [9.17, 15) is 14.0 Å². The van der Waals surface area contributed by atoms with E-state index < -0.39 is 0 Å². The van der Waals surface area contributed by atoms with E-state index in [1.807, 2.05) is 4.90 Å². The van der Waals surface area contributed by atoms with Gasteiger partial charge in [-0.05, 0) is 36.6 Å². The number of anilines is 1. The van der Waals surface area contributed by atoms with Crippen molar-refractivity contribution in [1.82, 2.24) is 20.2 Å². The van der Waals surface area contributed by atoms with Gasteiger partial charge in [-0.15, -0.1) is 0 Å². The minimum absolute atomic E-state index is 0.0670. The monoisotopic (exact) mass is 397 g/mol. The van der Waals surface area contributed by atoms with E-state index in [1.165, 1.54) is 12.1 Å². The third-order valence-electron chi connectivity index (χ3n) is 5.50. The van der Waals surface area contributed by atoms with Gasteiger partial charge < -0.3 is 15.1 Å². The van der Waals surface area contributed by atoms with Gasteiger partial charge in [0.1, 0.15) is 5.82 Å². The van der Waals surface area contributed by atoms with Gasteiger partial charge in [0, 0.05) is 45.1 Å². The predicted molar refractivity (Wildman–Crippen MR) is 106 cm³/mol. The molecule has 0 bridgehead atoms. The fourth-order valence-electron chi connectivity index (χ4n) is 3.69. The number of halogens is 1. The number of aromatic nitrogens is 2. The van der Waals surface area contributed by atoms with Gasteiger partial charge >= 0.3 is 0 Å². The summed E-state index contributed by atoms with van der Waals surface area (Å²) in [6.45, 7) is 3.10. The zero-order chi connectivity index (χ0) is 20.2. The van der Waals surface area contributed by atoms with Crippen LogP contribution in [0.5, 0.6) is 0 Å². The second kappa shape index (κ2) is 8.55. The van der Waals surface area contributed by atoms with Gasteiger partial charge in [-0.3, -0.25) is 9.59 Å². The van der Waals surface area contributed by atoms with E-state index in [1.54, 1.807) is 30.6 Å². The van der Waals surface area contributed by atoms with E-state index in [0.29, 0.717) is 51.5 Å². The molecule has 0 radical (unpaired) electrons. The third kappa shape index (κ3) is 4.70. The molecule has 2 aliphatic rings. The molecule has 152 valence electrons. The molecule has 2 heterocycles. The molecule has 1 aliphatic carbocycles. The predicted octanol–water partition coefficient (Wildman–Crippen LogP) is 1.26. The number of rotatable bonds is 6. The molecule has 1 saturated heterocycles. The van der Waals surface area contributed by atoms with Crippen LogP contribution in [-0.2, 0) is 16.0 Å². The van der Waals surface area contributed by atoms with Crippen molar-refractivity contribution in [2.24, 2.45) is 11.8 Å². The highest BCUT2D eigenvalue weighted by atomic mass is 19.1. The van der Waals surface area contributed by atoms with Gasteiger partial charge in [-0.2, -0.15) is 0 Å². The standard InChI is InChI=1S/C21H24FN5O2/c22-16-4-2-15(3-5-16)6-9-23-19(28)17-14-18(17)20(29)26-10-12-27(13-11-26)21-24-7-1-8-25-21/h1-5,7-8,17-18H,6,9-14H2,(H,23,28). The molecule has 1 saturated carbocycles. The Balaban J connectivity index is 1.19. The molecule has 4 rings (SSSR count). The molecule has 2 atom stereocenters. The number of nitrogens with one attached hydrogen (secondary N) is 1. The minimum Gasteiger partial charge on any atom is -0.356 e. The van der Waals surface area contributed by atoms with Crippen LogP contribution < -0.4 is 10.2 Å². The van der Waals surface area contributed by atoms with Crippen molar-refractivity contribution < 1.29 is 14.0 Å². The first-order chi connectivity index (χ1) is 14.1. The molecule has 2 fully saturated rings. The quantitative estimate of drug-likeness (QED) is 0.794. The largest absolute Gasteiger partial charge is 0.356 e. The van der Waals surface area contributed by atoms with Crippen molar-refractivity contribution in [2.45, 2.75) is 12.8 Å². The summed E-state index contributed by atoms with van der Waals surface area (Å²) < 4.78 is 12.9. The Bertz CT molecular complexity index is 853. The number of hydrogen-bond acceptors (Lipinski definition) is 5. The summed E-state index contributed by atoms with van der Waals surface area (Å²) in [6.07, 6.45) is 4.68. The molecule has 0 spiro atoms. The summed E-state index contributed by atoms with van der Waals surface area (Å²) in [7, 11) is 0.